The van der Waals surface area contributed by atoms with Crippen LogP contribution in [-0.2, 0) is 14.3 Å². The van der Waals surface area contributed by atoms with E-state index in [1.54, 1.807) is 13.8 Å². The lowest BCUT2D eigenvalue weighted by Gasteiger charge is -2.06. The molecule has 0 aliphatic carbocycles. The van der Waals surface area contributed by atoms with Gasteiger partial charge in [-0.2, -0.15) is 9.98 Å². The summed E-state index contributed by atoms with van der Waals surface area (Å²) < 4.78 is 4.81. The predicted molar refractivity (Wildman–Crippen MR) is 62.7 cm³/mol. The molecule has 0 aromatic heterocycles. The Hall–Kier alpha value is -2.55. The van der Waals surface area contributed by atoms with Crippen LogP contribution in [0.15, 0.2) is 22.1 Å². The molecule has 1 rings (SSSR count). The van der Waals surface area contributed by atoms with Crippen LogP contribution in [0, 0.1) is 6.92 Å². The minimum absolute atomic E-state index is 0.158. The molecule has 18 heavy (non-hydrogen) atoms. The molecule has 6 nitrogen and oxygen atoms in total. The molecule has 0 radical (unpaired) electrons. The number of ether oxygens (including phenoxy) is 1. The van der Waals surface area contributed by atoms with Gasteiger partial charge in [0.15, 0.2) is 0 Å². The van der Waals surface area contributed by atoms with Crippen molar-refractivity contribution in [3.8, 4) is 0 Å². The molecule has 6 heteroatoms. The molecular weight excluding hydrogens is 236 g/mol. The van der Waals surface area contributed by atoms with E-state index in [9.17, 15) is 14.4 Å². The standard InChI is InChI=1S/C12H10N2O4/c1-3-18-12(17)9-4-10(13-6-15)8(2)11(5-9)14-7-16/h4-5H,3H2,1-2H3. The Kier molecular flexibility index (Phi) is 4.69. The minimum atomic E-state index is -0.581. The van der Waals surface area contributed by atoms with Crippen LogP contribution in [0.4, 0.5) is 11.4 Å². The molecule has 0 amide bonds. The first kappa shape index (κ1) is 13.5. The highest BCUT2D eigenvalue weighted by Crippen LogP contribution is 2.30. The number of isocyanates is 2. The molecule has 0 aliphatic heterocycles. The van der Waals surface area contributed by atoms with Crippen LogP contribution in [0.2, 0.25) is 0 Å². The highest BCUT2D eigenvalue weighted by atomic mass is 16.5. The Morgan fingerprint density at radius 2 is 1.72 bits per heavy atom. The first-order chi connectivity index (χ1) is 8.63. The highest BCUT2D eigenvalue weighted by Gasteiger charge is 2.13. The molecule has 0 spiro atoms. The van der Waals surface area contributed by atoms with Crippen molar-refractivity contribution in [2.24, 2.45) is 9.98 Å². The third-order valence-electron chi connectivity index (χ3n) is 2.20. The lowest BCUT2D eigenvalue weighted by molar-refractivity contribution is 0.0526. The molecule has 92 valence electrons. The second-order valence-corrected chi connectivity index (χ2v) is 3.27. The van der Waals surface area contributed by atoms with Crippen molar-refractivity contribution in [3.63, 3.8) is 0 Å². The molecule has 0 saturated carbocycles. The van der Waals surface area contributed by atoms with Crippen LogP contribution in [-0.4, -0.2) is 24.7 Å². The zero-order valence-corrected chi connectivity index (χ0v) is 9.89. The van der Waals surface area contributed by atoms with Gasteiger partial charge in [-0.05, 0) is 26.0 Å². The Labute approximate surface area is 103 Å². The van der Waals surface area contributed by atoms with Crippen molar-refractivity contribution >= 4 is 29.5 Å². The van der Waals surface area contributed by atoms with Gasteiger partial charge in [-0.25, -0.2) is 14.4 Å². The largest absolute Gasteiger partial charge is 0.462 e. The maximum atomic E-state index is 11.6. The van der Waals surface area contributed by atoms with E-state index >= 15 is 0 Å². The third-order valence-corrected chi connectivity index (χ3v) is 2.20. The van der Waals surface area contributed by atoms with Gasteiger partial charge in [-0.3, -0.25) is 0 Å². The number of benzene rings is 1. The van der Waals surface area contributed by atoms with Gasteiger partial charge in [0, 0.05) is 5.56 Å². The summed E-state index contributed by atoms with van der Waals surface area (Å²) in [7, 11) is 0. The van der Waals surface area contributed by atoms with E-state index in [4.69, 9.17) is 4.74 Å². The molecule has 0 unspecified atom stereocenters. The van der Waals surface area contributed by atoms with Crippen LogP contribution in [0.1, 0.15) is 22.8 Å². The summed E-state index contributed by atoms with van der Waals surface area (Å²) in [6.45, 7) is 3.49. The van der Waals surface area contributed by atoms with Crippen molar-refractivity contribution in [1.29, 1.82) is 0 Å². The van der Waals surface area contributed by atoms with Gasteiger partial charge < -0.3 is 4.74 Å². The van der Waals surface area contributed by atoms with E-state index < -0.39 is 5.97 Å². The number of carbonyl (C=O) groups excluding carboxylic acids is 3. The van der Waals surface area contributed by atoms with Crippen molar-refractivity contribution in [2.45, 2.75) is 13.8 Å². The highest BCUT2D eigenvalue weighted by molar-refractivity contribution is 5.92. The number of hydrogen-bond acceptors (Lipinski definition) is 6. The van der Waals surface area contributed by atoms with Crippen LogP contribution in [0.25, 0.3) is 0 Å². The number of rotatable bonds is 4. The van der Waals surface area contributed by atoms with E-state index in [0.29, 0.717) is 5.56 Å². The topological polar surface area (TPSA) is 85.2 Å². The Bertz CT molecular complexity index is 528. The van der Waals surface area contributed by atoms with Crippen LogP contribution >= 0.6 is 0 Å². The van der Waals surface area contributed by atoms with Crippen molar-refractivity contribution < 1.29 is 19.1 Å². The fourth-order valence-electron chi connectivity index (χ4n) is 1.35. The normalized spacial score (nSPS) is 9.00. The van der Waals surface area contributed by atoms with E-state index in [-0.39, 0.29) is 23.5 Å². The van der Waals surface area contributed by atoms with Crippen molar-refractivity contribution in [3.05, 3.63) is 23.3 Å². The van der Waals surface area contributed by atoms with Gasteiger partial charge in [0.2, 0.25) is 12.2 Å². The molecule has 1 aromatic rings. The maximum Gasteiger partial charge on any atom is 0.338 e. The number of carbonyl (C=O) groups is 1. The molecule has 0 heterocycles. The molecule has 0 atom stereocenters. The number of aliphatic imine (C=N–C) groups is 2. The van der Waals surface area contributed by atoms with Gasteiger partial charge >= 0.3 is 5.97 Å². The molecule has 0 fully saturated rings. The monoisotopic (exact) mass is 246 g/mol. The number of esters is 1. The third kappa shape index (κ3) is 2.98. The smallest absolute Gasteiger partial charge is 0.338 e. The van der Waals surface area contributed by atoms with Gasteiger partial charge in [0.1, 0.15) is 0 Å². The van der Waals surface area contributed by atoms with E-state index in [1.165, 1.54) is 24.3 Å². The van der Waals surface area contributed by atoms with Crippen LogP contribution in [0.3, 0.4) is 0 Å². The lowest BCUT2D eigenvalue weighted by Crippen LogP contribution is -2.04. The summed E-state index contributed by atoms with van der Waals surface area (Å²) in [5, 5.41) is 0. The molecular formula is C12H10N2O4. The van der Waals surface area contributed by atoms with Gasteiger partial charge in [-0.15, -0.1) is 0 Å². The Morgan fingerprint density at radius 1 is 1.22 bits per heavy atom. The summed E-state index contributed by atoms with van der Waals surface area (Å²) in [6.07, 6.45) is 2.75. The second kappa shape index (κ2) is 6.25. The van der Waals surface area contributed by atoms with Crippen molar-refractivity contribution in [2.75, 3.05) is 6.61 Å². The maximum absolute atomic E-state index is 11.6. The van der Waals surface area contributed by atoms with Gasteiger partial charge in [-0.1, -0.05) is 0 Å². The van der Waals surface area contributed by atoms with Crippen molar-refractivity contribution in [1.82, 2.24) is 0 Å². The lowest BCUT2D eigenvalue weighted by atomic mass is 10.1. The van der Waals surface area contributed by atoms with Crippen LogP contribution < -0.4 is 0 Å². The number of nitrogens with zero attached hydrogens (tertiary/aromatic N) is 2. The molecule has 0 saturated heterocycles. The van der Waals surface area contributed by atoms with Crippen LogP contribution in [0.5, 0.6) is 0 Å². The first-order valence-corrected chi connectivity index (χ1v) is 5.11. The second-order valence-electron chi connectivity index (χ2n) is 3.27. The quantitative estimate of drug-likeness (QED) is 0.462. The van der Waals surface area contributed by atoms with Gasteiger partial charge in [0.05, 0.1) is 23.5 Å². The molecule has 1 aromatic carbocycles. The summed E-state index contributed by atoms with van der Waals surface area (Å²) in [5.41, 5.74) is 1.06. The Morgan fingerprint density at radius 3 is 2.11 bits per heavy atom. The first-order valence-electron chi connectivity index (χ1n) is 5.11. The minimum Gasteiger partial charge on any atom is -0.462 e. The average molecular weight is 246 g/mol. The number of hydrogen-bond donors (Lipinski definition) is 0. The zero-order chi connectivity index (χ0) is 13.5. The molecule has 0 aliphatic rings. The summed E-state index contributed by atoms with van der Waals surface area (Å²) >= 11 is 0. The fraction of sp³-hybridized carbons (Fsp3) is 0.250. The van der Waals surface area contributed by atoms with Gasteiger partial charge in [0.25, 0.3) is 0 Å². The summed E-state index contributed by atoms with van der Waals surface area (Å²) in [5.74, 6) is -0.581. The summed E-state index contributed by atoms with van der Waals surface area (Å²) in [4.78, 5) is 39.0. The molecule has 0 N–H and O–H groups in total. The Balaban J connectivity index is 3.41. The predicted octanol–water partition coefficient (Wildman–Crippen LogP) is 2.11. The van der Waals surface area contributed by atoms with E-state index in [0.717, 1.165) is 0 Å². The van der Waals surface area contributed by atoms with E-state index in [2.05, 4.69) is 9.98 Å². The van der Waals surface area contributed by atoms with E-state index in [1.807, 2.05) is 0 Å². The SMILES string of the molecule is CCOC(=O)c1cc(N=C=O)c(C)c(N=C=O)c1. The fourth-order valence-corrected chi connectivity index (χ4v) is 1.35. The summed E-state index contributed by atoms with van der Waals surface area (Å²) in [6, 6.07) is 2.75. The molecule has 0 bridgehead atoms. The zero-order valence-electron chi connectivity index (χ0n) is 9.89. The average Bonchev–Trinajstić information content (AvgIpc) is 2.34.